The fourth-order valence-corrected chi connectivity index (χ4v) is 1.83. The Morgan fingerprint density at radius 3 is 2.09 bits per heavy atom. The molecule has 0 aliphatic heterocycles. The number of benzene rings is 2. The summed E-state index contributed by atoms with van der Waals surface area (Å²) < 4.78 is 0. The molecule has 0 saturated heterocycles. The van der Waals surface area contributed by atoms with Crippen LogP contribution in [0, 0.1) is 0 Å². The van der Waals surface area contributed by atoms with E-state index in [-0.39, 0.29) is 11.3 Å². The highest BCUT2D eigenvalue weighted by molar-refractivity contribution is 6.00. The van der Waals surface area contributed by atoms with Crippen molar-refractivity contribution in [2.75, 3.05) is 19.0 Å². The summed E-state index contributed by atoms with van der Waals surface area (Å²) in [6.45, 7) is 0. The molecule has 0 heterocycles. The molecule has 22 heavy (non-hydrogen) atoms. The highest BCUT2D eigenvalue weighted by Crippen LogP contribution is 2.15. The lowest BCUT2D eigenvalue weighted by Crippen LogP contribution is -2.41. The number of anilines is 1. The molecule has 6 nitrogen and oxygen atoms in total. The topological polar surface area (TPSA) is 81.7 Å². The molecule has 0 radical (unpaired) electrons. The Morgan fingerprint density at radius 1 is 0.909 bits per heavy atom. The molecule has 2 aromatic rings. The van der Waals surface area contributed by atoms with Gasteiger partial charge in [0.05, 0.1) is 5.56 Å². The Balaban J connectivity index is 1.98. The van der Waals surface area contributed by atoms with Gasteiger partial charge in [0.2, 0.25) is 0 Å². The highest BCUT2D eigenvalue weighted by atomic mass is 16.3. The number of hydrogen-bond acceptors (Lipinski definition) is 4. The largest absolute Gasteiger partial charge is 0.507 e. The first-order chi connectivity index (χ1) is 10.5. The predicted molar refractivity (Wildman–Crippen MR) is 83.8 cm³/mol. The molecule has 0 fully saturated rings. The molecule has 3 N–H and O–H groups in total. The second-order valence-electron chi connectivity index (χ2n) is 4.87. The number of phenolic OH excluding ortho intramolecular Hbond substituents is 1. The predicted octanol–water partition coefficient (Wildman–Crippen LogP) is 1.53. The van der Waals surface area contributed by atoms with Gasteiger partial charge in [-0.25, -0.2) is 0 Å². The molecule has 0 bridgehead atoms. The third-order valence-electron chi connectivity index (χ3n) is 3.08. The average molecular weight is 299 g/mol. The molecule has 0 saturated carbocycles. The van der Waals surface area contributed by atoms with Crippen LogP contribution >= 0.6 is 0 Å². The normalized spacial score (nSPS) is 9.91. The number of carbonyl (C=O) groups excluding carboxylic acids is 2. The van der Waals surface area contributed by atoms with Gasteiger partial charge in [-0.05, 0) is 36.4 Å². The number of carbonyl (C=O) groups is 2. The maximum absolute atomic E-state index is 11.9. The van der Waals surface area contributed by atoms with Crippen molar-refractivity contribution in [1.82, 2.24) is 10.9 Å². The quantitative estimate of drug-likeness (QED) is 0.751. The summed E-state index contributed by atoms with van der Waals surface area (Å²) in [5.41, 5.74) is 6.05. The minimum absolute atomic E-state index is 0.0887. The van der Waals surface area contributed by atoms with Gasteiger partial charge in [-0.1, -0.05) is 12.1 Å². The Morgan fingerprint density at radius 2 is 1.50 bits per heavy atom. The zero-order valence-electron chi connectivity index (χ0n) is 12.3. The second kappa shape index (κ2) is 6.62. The minimum atomic E-state index is -0.587. The second-order valence-corrected chi connectivity index (χ2v) is 4.87. The SMILES string of the molecule is CN(C)c1ccc(C(=O)NNC(=O)c2ccccc2O)cc1. The van der Waals surface area contributed by atoms with Crippen molar-refractivity contribution < 1.29 is 14.7 Å². The Bertz CT molecular complexity index is 681. The van der Waals surface area contributed by atoms with Crippen LogP contribution in [0.2, 0.25) is 0 Å². The van der Waals surface area contributed by atoms with Crippen molar-refractivity contribution in [3.8, 4) is 5.75 Å². The van der Waals surface area contributed by atoms with Crippen LogP contribution in [0.1, 0.15) is 20.7 Å². The molecule has 6 heteroatoms. The molecule has 0 aliphatic carbocycles. The molecule has 0 aliphatic rings. The van der Waals surface area contributed by atoms with Gasteiger partial charge in [-0.2, -0.15) is 0 Å². The number of para-hydroxylation sites is 1. The lowest BCUT2D eigenvalue weighted by molar-refractivity contribution is 0.0845. The first-order valence-corrected chi connectivity index (χ1v) is 6.65. The van der Waals surface area contributed by atoms with Crippen LogP contribution in [0.15, 0.2) is 48.5 Å². The molecule has 114 valence electrons. The summed E-state index contributed by atoms with van der Waals surface area (Å²) in [5.74, 6) is -1.17. The maximum Gasteiger partial charge on any atom is 0.273 e. The number of hydrazine groups is 1. The van der Waals surface area contributed by atoms with Gasteiger partial charge in [0, 0.05) is 25.3 Å². The lowest BCUT2D eigenvalue weighted by Gasteiger charge is -2.13. The highest BCUT2D eigenvalue weighted by Gasteiger charge is 2.12. The van der Waals surface area contributed by atoms with Crippen molar-refractivity contribution in [1.29, 1.82) is 0 Å². The van der Waals surface area contributed by atoms with Crippen molar-refractivity contribution in [3.63, 3.8) is 0 Å². The molecule has 2 amide bonds. The summed E-state index contributed by atoms with van der Waals surface area (Å²) in [5, 5.41) is 9.57. The van der Waals surface area contributed by atoms with E-state index in [1.165, 1.54) is 12.1 Å². The lowest BCUT2D eigenvalue weighted by atomic mass is 10.2. The van der Waals surface area contributed by atoms with E-state index in [2.05, 4.69) is 10.9 Å². The van der Waals surface area contributed by atoms with Crippen molar-refractivity contribution in [3.05, 3.63) is 59.7 Å². The Kier molecular flexibility index (Phi) is 4.63. The van der Waals surface area contributed by atoms with E-state index in [4.69, 9.17) is 0 Å². The maximum atomic E-state index is 11.9. The third kappa shape index (κ3) is 3.54. The summed E-state index contributed by atoms with van der Waals surface area (Å²) >= 11 is 0. The van der Waals surface area contributed by atoms with Crippen LogP contribution in [0.4, 0.5) is 5.69 Å². The molecule has 0 atom stereocenters. The molecular weight excluding hydrogens is 282 g/mol. The summed E-state index contributed by atoms with van der Waals surface area (Å²) in [6.07, 6.45) is 0. The van der Waals surface area contributed by atoms with E-state index < -0.39 is 11.8 Å². The van der Waals surface area contributed by atoms with E-state index in [0.29, 0.717) is 5.56 Å². The monoisotopic (exact) mass is 299 g/mol. The number of aromatic hydroxyl groups is 1. The van der Waals surface area contributed by atoms with Crippen molar-refractivity contribution >= 4 is 17.5 Å². The van der Waals surface area contributed by atoms with E-state index in [1.807, 2.05) is 19.0 Å². The van der Waals surface area contributed by atoms with Gasteiger partial charge in [-0.3, -0.25) is 20.4 Å². The summed E-state index contributed by atoms with van der Waals surface area (Å²) in [4.78, 5) is 25.7. The molecule has 0 spiro atoms. The minimum Gasteiger partial charge on any atom is -0.507 e. The van der Waals surface area contributed by atoms with Gasteiger partial charge in [0.25, 0.3) is 11.8 Å². The zero-order valence-corrected chi connectivity index (χ0v) is 12.3. The number of hydrogen-bond donors (Lipinski definition) is 3. The van der Waals surface area contributed by atoms with Crippen molar-refractivity contribution in [2.24, 2.45) is 0 Å². The van der Waals surface area contributed by atoms with Crippen LogP contribution < -0.4 is 15.8 Å². The molecule has 0 aromatic heterocycles. The summed E-state index contributed by atoms with van der Waals surface area (Å²) in [6, 6.07) is 13.0. The average Bonchev–Trinajstić information content (AvgIpc) is 2.52. The smallest absolute Gasteiger partial charge is 0.273 e. The third-order valence-corrected chi connectivity index (χ3v) is 3.08. The number of nitrogens with one attached hydrogen (secondary N) is 2. The fraction of sp³-hybridized carbons (Fsp3) is 0.125. The number of rotatable bonds is 3. The van der Waals surface area contributed by atoms with Gasteiger partial charge >= 0.3 is 0 Å². The van der Waals surface area contributed by atoms with Gasteiger partial charge in [0.15, 0.2) is 0 Å². The standard InChI is InChI=1S/C16H17N3O3/c1-19(2)12-9-7-11(8-10-12)15(21)17-18-16(22)13-5-3-4-6-14(13)20/h3-10,20H,1-2H3,(H,17,21)(H,18,22). The van der Waals surface area contributed by atoms with E-state index in [9.17, 15) is 14.7 Å². The van der Waals surface area contributed by atoms with Crippen LogP contribution in [0.5, 0.6) is 5.75 Å². The molecule has 0 unspecified atom stereocenters. The fourth-order valence-electron chi connectivity index (χ4n) is 1.83. The van der Waals surface area contributed by atoms with Gasteiger partial charge in [-0.15, -0.1) is 0 Å². The van der Waals surface area contributed by atoms with E-state index >= 15 is 0 Å². The Hall–Kier alpha value is -3.02. The number of amides is 2. The van der Waals surface area contributed by atoms with Crippen LogP contribution in [0.3, 0.4) is 0 Å². The first kappa shape index (κ1) is 15.4. The number of phenols is 1. The Labute approximate surface area is 128 Å². The van der Waals surface area contributed by atoms with E-state index in [0.717, 1.165) is 5.69 Å². The van der Waals surface area contributed by atoms with Crippen LogP contribution in [-0.4, -0.2) is 31.0 Å². The van der Waals surface area contributed by atoms with Crippen molar-refractivity contribution in [2.45, 2.75) is 0 Å². The van der Waals surface area contributed by atoms with Gasteiger partial charge < -0.3 is 10.0 Å². The van der Waals surface area contributed by atoms with E-state index in [1.54, 1.807) is 36.4 Å². The number of nitrogens with zero attached hydrogens (tertiary/aromatic N) is 1. The van der Waals surface area contributed by atoms with Crippen LogP contribution in [0.25, 0.3) is 0 Å². The first-order valence-electron chi connectivity index (χ1n) is 6.65. The van der Waals surface area contributed by atoms with Gasteiger partial charge in [0.1, 0.15) is 5.75 Å². The molecule has 2 rings (SSSR count). The zero-order chi connectivity index (χ0) is 16.1. The molecule has 2 aromatic carbocycles. The van der Waals surface area contributed by atoms with Crippen LogP contribution in [-0.2, 0) is 0 Å². The molecular formula is C16H17N3O3. The summed E-state index contributed by atoms with van der Waals surface area (Å²) in [7, 11) is 3.81.